The number of halogens is 1. The summed E-state index contributed by atoms with van der Waals surface area (Å²) < 4.78 is 38.4. The fraction of sp³-hybridized carbons (Fsp3) is 0.419. The summed E-state index contributed by atoms with van der Waals surface area (Å²) in [6, 6.07) is 6.58. The molecule has 2 N–H and O–H groups in total. The normalized spacial score (nSPS) is 13.7. The first-order chi connectivity index (χ1) is 20.9. The van der Waals surface area contributed by atoms with E-state index in [2.05, 4.69) is 0 Å². The lowest BCUT2D eigenvalue weighted by Crippen LogP contribution is -2.28. The minimum absolute atomic E-state index is 0.0834. The van der Waals surface area contributed by atoms with Crippen molar-refractivity contribution in [2.24, 2.45) is 11.8 Å². The minimum Gasteiger partial charge on any atom is -0.493 e. The molecule has 0 spiro atoms. The number of hydrogen-bond donors (Lipinski definition) is 2. The first kappa shape index (κ1) is 32.5. The van der Waals surface area contributed by atoms with Gasteiger partial charge in [0.1, 0.15) is 0 Å². The number of carboxylic acids is 2. The standard InChI is InChI=1S/C31H34FNO10S/c1-16(30(36)37)8-21(34)26-12-20-25(44-26)13-24(41-4)29(28(20)32)43-7-5-6-42-23-11-19-15-33(14-18(19)10-22(23)40-3)27(35)9-17(2)31(38)39/h10-13,16-17H,5-9,14-15H2,1-4H3,(H,36,37)(H,38,39)/t16-,17-/m0/s1. The van der Waals surface area contributed by atoms with Gasteiger partial charge in [-0.2, -0.15) is 0 Å². The minimum atomic E-state index is -1.08. The number of carbonyl (C=O) groups excluding carboxylic acids is 2. The lowest BCUT2D eigenvalue weighted by Gasteiger charge is -2.16. The van der Waals surface area contributed by atoms with Crippen LogP contribution in [0.4, 0.5) is 4.39 Å². The van der Waals surface area contributed by atoms with Gasteiger partial charge in [0.25, 0.3) is 0 Å². The highest BCUT2D eigenvalue weighted by atomic mass is 32.1. The van der Waals surface area contributed by atoms with Gasteiger partial charge in [-0.3, -0.25) is 19.2 Å². The Hall–Kier alpha value is -4.39. The van der Waals surface area contributed by atoms with Crippen LogP contribution >= 0.6 is 11.3 Å². The first-order valence-corrected chi connectivity index (χ1v) is 14.8. The molecule has 2 heterocycles. The molecule has 13 heteroatoms. The maximum Gasteiger partial charge on any atom is 0.306 e. The maximum atomic E-state index is 15.5. The third-order valence-corrected chi connectivity index (χ3v) is 8.47. The van der Waals surface area contributed by atoms with E-state index in [9.17, 15) is 19.2 Å². The number of fused-ring (bicyclic) bond motifs is 2. The van der Waals surface area contributed by atoms with Crippen LogP contribution in [0.5, 0.6) is 23.0 Å². The Labute approximate surface area is 257 Å². The molecule has 1 aliphatic rings. The summed E-state index contributed by atoms with van der Waals surface area (Å²) in [7, 11) is 2.89. The molecule has 3 aromatic rings. The van der Waals surface area contributed by atoms with E-state index in [1.54, 1.807) is 23.1 Å². The highest BCUT2D eigenvalue weighted by molar-refractivity contribution is 7.20. The van der Waals surface area contributed by atoms with Gasteiger partial charge in [0.15, 0.2) is 34.6 Å². The fourth-order valence-electron chi connectivity index (χ4n) is 4.74. The number of ketones is 1. The Balaban J connectivity index is 1.37. The second-order valence-electron chi connectivity index (χ2n) is 10.6. The van der Waals surface area contributed by atoms with E-state index in [0.717, 1.165) is 22.5 Å². The van der Waals surface area contributed by atoms with Crippen LogP contribution in [0.2, 0.25) is 0 Å². The SMILES string of the molecule is COc1cc2c(cc1OCCCOc1c(OC)cc3sc(C(=O)C[C@H](C)C(=O)O)cc3c1F)CN(C(=O)C[C@H](C)C(=O)O)C2. The lowest BCUT2D eigenvalue weighted by atomic mass is 10.0. The van der Waals surface area contributed by atoms with Crippen LogP contribution in [0.1, 0.15) is 53.9 Å². The number of hydrogen-bond acceptors (Lipinski definition) is 9. The summed E-state index contributed by atoms with van der Waals surface area (Å²) in [5.41, 5.74) is 1.76. The monoisotopic (exact) mass is 631 g/mol. The summed E-state index contributed by atoms with van der Waals surface area (Å²) >= 11 is 1.06. The van der Waals surface area contributed by atoms with Gasteiger partial charge < -0.3 is 34.1 Å². The van der Waals surface area contributed by atoms with Gasteiger partial charge in [0, 0.05) is 48.5 Å². The molecule has 236 valence electrons. The van der Waals surface area contributed by atoms with E-state index in [4.69, 9.17) is 29.2 Å². The Morgan fingerprint density at radius 3 is 2.07 bits per heavy atom. The van der Waals surface area contributed by atoms with Gasteiger partial charge in [-0.25, -0.2) is 4.39 Å². The van der Waals surface area contributed by atoms with Crippen molar-refractivity contribution in [3.63, 3.8) is 0 Å². The number of aliphatic carboxylic acids is 2. The molecule has 1 aromatic heterocycles. The van der Waals surface area contributed by atoms with Crippen molar-refractivity contribution in [2.45, 2.75) is 46.2 Å². The number of rotatable bonds is 15. The molecule has 1 amide bonds. The molecule has 0 saturated heterocycles. The third kappa shape index (κ3) is 7.21. The van der Waals surface area contributed by atoms with Gasteiger partial charge in [0.05, 0.1) is 44.1 Å². The predicted octanol–water partition coefficient (Wildman–Crippen LogP) is 5.15. The lowest BCUT2D eigenvalue weighted by molar-refractivity contribution is -0.145. The summed E-state index contributed by atoms with van der Waals surface area (Å²) in [5, 5.41) is 18.4. The zero-order valence-corrected chi connectivity index (χ0v) is 25.6. The van der Waals surface area contributed by atoms with Gasteiger partial charge in [-0.1, -0.05) is 13.8 Å². The van der Waals surface area contributed by atoms with Crippen LogP contribution in [0.25, 0.3) is 10.1 Å². The molecule has 0 bridgehead atoms. The number of Topliss-reactive ketones (excluding diaryl/α,β-unsaturated/α-hetero) is 1. The van der Waals surface area contributed by atoms with Gasteiger partial charge in [-0.05, 0) is 29.3 Å². The van der Waals surface area contributed by atoms with Crippen molar-refractivity contribution in [2.75, 3.05) is 27.4 Å². The van der Waals surface area contributed by atoms with E-state index >= 15 is 4.39 Å². The highest BCUT2D eigenvalue weighted by Crippen LogP contribution is 2.41. The smallest absolute Gasteiger partial charge is 0.306 e. The molecule has 4 rings (SSSR count). The first-order valence-electron chi connectivity index (χ1n) is 13.9. The van der Waals surface area contributed by atoms with E-state index in [1.165, 1.54) is 34.1 Å². The number of methoxy groups -OCH3 is 2. The molecule has 1 aliphatic heterocycles. The number of amides is 1. The average Bonchev–Trinajstić information content (AvgIpc) is 3.61. The van der Waals surface area contributed by atoms with Crippen LogP contribution in [0.3, 0.4) is 0 Å². The largest absolute Gasteiger partial charge is 0.493 e. The fourth-order valence-corrected chi connectivity index (χ4v) is 5.77. The molecule has 0 radical (unpaired) electrons. The zero-order valence-electron chi connectivity index (χ0n) is 24.8. The molecule has 0 unspecified atom stereocenters. The Bertz CT molecular complexity index is 1590. The third-order valence-electron chi connectivity index (χ3n) is 7.35. The Morgan fingerprint density at radius 1 is 0.864 bits per heavy atom. The van der Waals surface area contributed by atoms with Gasteiger partial charge >= 0.3 is 11.9 Å². The topological polar surface area (TPSA) is 149 Å². The summed E-state index contributed by atoms with van der Waals surface area (Å²) in [5.74, 6) is -4.03. The second kappa shape index (κ2) is 13.9. The molecule has 0 saturated carbocycles. The number of benzene rings is 2. The molecule has 2 atom stereocenters. The van der Waals surface area contributed by atoms with E-state index in [-0.39, 0.29) is 59.5 Å². The summed E-state index contributed by atoms with van der Waals surface area (Å²) in [6.45, 7) is 3.92. The zero-order chi connectivity index (χ0) is 32.1. The van der Waals surface area contributed by atoms with Crippen molar-refractivity contribution in [1.29, 1.82) is 0 Å². The van der Waals surface area contributed by atoms with Crippen LogP contribution in [-0.4, -0.2) is 66.2 Å². The molecule has 2 aromatic carbocycles. The molecule has 11 nitrogen and oxygen atoms in total. The summed E-state index contributed by atoms with van der Waals surface area (Å²) in [6.07, 6.45) is 0.0978. The van der Waals surface area contributed by atoms with Gasteiger partial charge in [-0.15, -0.1) is 11.3 Å². The number of carboxylic acid groups (broad SMARTS) is 2. The highest BCUT2D eigenvalue weighted by Gasteiger charge is 2.28. The van der Waals surface area contributed by atoms with Crippen molar-refractivity contribution in [1.82, 2.24) is 4.90 Å². The van der Waals surface area contributed by atoms with Crippen LogP contribution in [-0.2, 0) is 27.5 Å². The number of ether oxygens (including phenoxy) is 4. The number of thiophene rings is 1. The van der Waals surface area contributed by atoms with Crippen molar-refractivity contribution >= 4 is 45.1 Å². The van der Waals surface area contributed by atoms with Gasteiger partial charge in [0.2, 0.25) is 5.91 Å². The quantitative estimate of drug-likeness (QED) is 0.170. The predicted molar refractivity (Wildman–Crippen MR) is 158 cm³/mol. The molecule has 0 aliphatic carbocycles. The molecule has 0 fully saturated rings. The molecular weight excluding hydrogens is 597 g/mol. The van der Waals surface area contributed by atoms with Crippen molar-refractivity contribution in [3.8, 4) is 23.0 Å². The molecule has 44 heavy (non-hydrogen) atoms. The molecular formula is C31H34FNO10S. The number of nitrogens with zero attached hydrogens (tertiary/aromatic N) is 1. The van der Waals surface area contributed by atoms with Crippen molar-refractivity contribution in [3.05, 3.63) is 46.1 Å². The average molecular weight is 632 g/mol. The van der Waals surface area contributed by atoms with Crippen LogP contribution in [0.15, 0.2) is 24.3 Å². The second-order valence-corrected chi connectivity index (χ2v) is 11.7. The van der Waals surface area contributed by atoms with E-state index in [0.29, 0.717) is 35.7 Å². The Morgan fingerprint density at radius 2 is 1.45 bits per heavy atom. The maximum absolute atomic E-state index is 15.5. The van der Waals surface area contributed by atoms with Crippen LogP contribution < -0.4 is 18.9 Å². The number of carbonyl (C=O) groups is 4. The summed E-state index contributed by atoms with van der Waals surface area (Å²) in [4.78, 5) is 49.2. The van der Waals surface area contributed by atoms with Crippen LogP contribution in [0, 0.1) is 17.7 Å². The van der Waals surface area contributed by atoms with E-state index < -0.39 is 29.6 Å². The Kier molecular flexibility index (Phi) is 10.3. The van der Waals surface area contributed by atoms with Crippen molar-refractivity contribution < 1.29 is 52.7 Å². The van der Waals surface area contributed by atoms with E-state index in [1.807, 2.05) is 0 Å².